The van der Waals surface area contributed by atoms with Crippen LogP contribution in [-0.2, 0) is 10.0 Å². The van der Waals surface area contributed by atoms with Gasteiger partial charge in [-0.05, 0) is 37.5 Å². The number of aliphatic hydroxyl groups is 1. The van der Waals surface area contributed by atoms with Gasteiger partial charge in [0.1, 0.15) is 0 Å². The maximum absolute atomic E-state index is 12.2. The molecule has 1 aromatic rings. The van der Waals surface area contributed by atoms with E-state index >= 15 is 0 Å². The summed E-state index contributed by atoms with van der Waals surface area (Å²) in [5.74, 6) is 0. The molecular weight excluding hydrogens is 288 g/mol. The molecule has 0 aromatic heterocycles. The first-order chi connectivity index (χ1) is 8.89. The van der Waals surface area contributed by atoms with Crippen LogP contribution in [0.1, 0.15) is 19.3 Å². The van der Waals surface area contributed by atoms with Crippen molar-refractivity contribution in [1.29, 1.82) is 0 Å². The zero-order valence-electron chi connectivity index (χ0n) is 10.8. The summed E-state index contributed by atoms with van der Waals surface area (Å²) in [6.45, 7) is 0.536. The molecule has 19 heavy (non-hydrogen) atoms. The van der Waals surface area contributed by atoms with Gasteiger partial charge in [-0.25, -0.2) is 12.7 Å². The van der Waals surface area contributed by atoms with Crippen molar-refractivity contribution in [2.45, 2.75) is 24.2 Å². The maximum Gasteiger partial charge on any atom is 0.242 e. The van der Waals surface area contributed by atoms with Gasteiger partial charge in [0.2, 0.25) is 10.0 Å². The van der Waals surface area contributed by atoms with Gasteiger partial charge in [-0.15, -0.1) is 0 Å². The highest BCUT2D eigenvalue weighted by molar-refractivity contribution is 7.89. The van der Waals surface area contributed by atoms with Crippen LogP contribution >= 0.6 is 11.6 Å². The van der Waals surface area contributed by atoms with Crippen LogP contribution in [0, 0.1) is 0 Å². The second-order valence-corrected chi connectivity index (χ2v) is 6.75. The average Bonchev–Trinajstić information content (AvgIpc) is 2.37. The fourth-order valence-electron chi connectivity index (χ4n) is 1.59. The number of benzene rings is 1. The molecule has 0 bridgehead atoms. The summed E-state index contributed by atoms with van der Waals surface area (Å²) in [7, 11) is -2.01. The minimum absolute atomic E-state index is 0.129. The fraction of sp³-hybridized carbons (Fsp3) is 0.500. The van der Waals surface area contributed by atoms with E-state index in [1.807, 2.05) is 0 Å². The van der Waals surface area contributed by atoms with E-state index in [4.69, 9.17) is 22.4 Å². The van der Waals surface area contributed by atoms with Gasteiger partial charge in [0.25, 0.3) is 0 Å². The van der Waals surface area contributed by atoms with Crippen molar-refractivity contribution in [3.05, 3.63) is 23.2 Å². The summed E-state index contributed by atoms with van der Waals surface area (Å²) in [4.78, 5) is 0.136. The zero-order chi connectivity index (χ0) is 14.5. The fourth-order valence-corrected chi connectivity index (χ4v) is 3.07. The van der Waals surface area contributed by atoms with Gasteiger partial charge in [0, 0.05) is 20.2 Å². The Bertz CT molecular complexity index is 520. The predicted octanol–water partition coefficient (Wildman–Crippen LogP) is 1.71. The van der Waals surface area contributed by atoms with Crippen LogP contribution in [0.3, 0.4) is 0 Å². The predicted molar refractivity (Wildman–Crippen MR) is 76.6 cm³/mol. The summed E-state index contributed by atoms with van der Waals surface area (Å²) in [6.07, 6.45) is 2.18. The summed E-state index contributed by atoms with van der Waals surface area (Å²) < 4.78 is 25.8. The lowest BCUT2D eigenvalue weighted by atomic mass is 10.2. The number of nitrogen functional groups attached to an aromatic ring is 1. The molecule has 0 aliphatic heterocycles. The van der Waals surface area contributed by atoms with E-state index in [9.17, 15) is 8.42 Å². The molecule has 0 saturated carbocycles. The highest BCUT2D eigenvalue weighted by atomic mass is 35.5. The van der Waals surface area contributed by atoms with Gasteiger partial charge in [-0.2, -0.15) is 0 Å². The van der Waals surface area contributed by atoms with E-state index in [1.54, 1.807) is 0 Å². The van der Waals surface area contributed by atoms with Crippen molar-refractivity contribution >= 4 is 27.3 Å². The minimum atomic E-state index is -3.53. The number of halogens is 1. The van der Waals surface area contributed by atoms with Gasteiger partial charge in [0.15, 0.2) is 0 Å². The van der Waals surface area contributed by atoms with Crippen molar-refractivity contribution < 1.29 is 13.5 Å². The monoisotopic (exact) mass is 306 g/mol. The Labute approximate surface area is 119 Å². The highest BCUT2D eigenvalue weighted by Gasteiger charge is 2.20. The summed E-state index contributed by atoms with van der Waals surface area (Å²) in [5, 5.41) is 8.90. The topological polar surface area (TPSA) is 83.6 Å². The summed E-state index contributed by atoms with van der Waals surface area (Å²) in [6, 6.07) is 4.28. The Morgan fingerprint density at radius 3 is 2.58 bits per heavy atom. The number of unbranched alkanes of at least 4 members (excludes halogenated alkanes) is 2. The standard InChI is InChI=1S/C12H19ClN2O3S/c1-15(7-3-2-4-8-16)19(17,18)10-5-6-12(14)11(13)9-10/h5-6,9,16H,2-4,7-8,14H2,1H3. The van der Waals surface area contributed by atoms with Crippen LogP contribution in [0.2, 0.25) is 5.02 Å². The largest absolute Gasteiger partial charge is 0.398 e. The van der Waals surface area contributed by atoms with Crippen molar-refractivity contribution in [2.75, 3.05) is 25.9 Å². The van der Waals surface area contributed by atoms with Gasteiger partial charge in [-0.1, -0.05) is 11.6 Å². The van der Waals surface area contributed by atoms with E-state index in [2.05, 4.69) is 0 Å². The third-order valence-corrected chi connectivity index (χ3v) is 4.99. The Morgan fingerprint density at radius 1 is 1.32 bits per heavy atom. The molecular formula is C12H19ClN2O3S. The summed E-state index contributed by atoms with van der Waals surface area (Å²) in [5.41, 5.74) is 5.91. The first-order valence-electron chi connectivity index (χ1n) is 6.02. The first kappa shape index (κ1) is 16.2. The number of nitrogens with zero attached hydrogens (tertiary/aromatic N) is 1. The molecule has 1 aromatic carbocycles. The van der Waals surface area contributed by atoms with Gasteiger partial charge in [-0.3, -0.25) is 0 Å². The average molecular weight is 307 g/mol. The molecule has 1 rings (SSSR count). The lowest BCUT2D eigenvalue weighted by molar-refractivity contribution is 0.281. The molecule has 5 nitrogen and oxygen atoms in total. The van der Waals surface area contributed by atoms with Crippen LogP contribution in [0.15, 0.2) is 23.1 Å². The number of hydrogen-bond donors (Lipinski definition) is 2. The number of hydrogen-bond acceptors (Lipinski definition) is 4. The number of sulfonamides is 1. The second-order valence-electron chi connectivity index (χ2n) is 4.29. The molecule has 0 amide bonds. The Morgan fingerprint density at radius 2 is 2.00 bits per heavy atom. The molecule has 0 saturated heterocycles. The smallest absolute Gasteiger partial charge is 0.242 e. The number of rotatable bonds is 7. The van der Waals surface area contributed by atoms with E-state index in [0.29, 0.717) is 25.1 Å². The van der Waals surface area contributed by atoms with Crippen molar-refractivity contribution in [3.63, 3.8) is 0 Å². The van der Waals surface area contributed by atoms with Crippen molar-refractivity contribution in [3.8, 4) is 0 Å². The van der Waals surface area contributed by atoms with E-state index in [-0.39, 0.29) is 16.5 Å². The molecule has 3 N–H and O–H groups in total. The first-order valence-corrected chi connectivity index (χ1v) is 7.83. The Kier molecular flexibility index (Phi) is 6.06. The molecule has 7 heteroatoms. The number of aliphatic hydroxyl groups excluding tert-OH is 1. The van der Waals surface area contributed by atoms with Crippen molar-refractivity contribution in [1.82, 2.24) is 4.31 Å². The lowest BCUT2D eigenvalue weighted by Crippen LogP contribution is -2.28. The minimum Gasteiger partial charge on any atom is -0.398 e. The maximum atomic E-state index is 12.2. The van der Waals surface area contributed by atoms with Crippen LogP contribution in [0.4, 0.5) is 5.69 Å². The molecule has 0 aliphatic rings. The lowest BCUT2D eigenvalue weighted by Gasteiger charge is -2.17. The van der Waals surface area contributed by atoms with Gasteiger partial charge >= 0.3 is 0 Å². The Balaban J connectivity index is 2.76. The normalized spacial score (nSPS) is 12.0. The molecule has 0 aliphatic carbocycles. The van der Waals surface area contributed by atoms with Gasteiger partial charge < -0.3 is 10.8 Å². The van der Waals surface area contributed by atoms with Crippen LogP contribution in [0.5, 0.6) is 0 Å². The van der Waals surface area contributed by atoms with Crippen LogP contribution in [0.25, 0.3) is 0 Å². The van der Waals surface area contributed by atoms with E-state index < -0.39 is 10.0 Å². The summed E-state index contributed by atoms with van der Waals surface area (Å²) >= 11 is 5.83. The molecule has 0 radical (unpaired) electrons. The quantitative estimate of drug-likeness (QED) is 0.593. The molecule has 0 unspecified atom stereocenters. The van der Waals surface area contributed by atoms with E-state index in [0.717, 1.165) is 6.42 Å². The number of anilines is 1. The van der Waals surface area contributed by atoms with Crippen LogP contribution < -0.4 is 5.73 Å². The molecule has 0 fully saturated rings. The molecule has 0 atom stereocenters. The van der Waals surface area contributed by atoms with Gasteiger partial charge in [0.05, 0.1) is 15.6 Å². The third kappa shape index (κ3) is 4.35. The SMILES string of the molecule is CN(CCCCCO)S(=O)(=O)c1ccc(N)c(Cl)c1. The third-order valence-electron chi connectivity index (χ3n) is 2.81. The molecule has 0 heterocycles. The van der Waals surface area contributed by atoms with Crippen molar-refractivity contribution in [2.24, 2.45) is 0 Å². The zero-order valence-corrected chi connectivity index (χ0v) is 12.4. The van der Waals surface area contributed by atoms with Crippen LogP contribution in [-0.4, -0.2) is 38.0 Å². The van der Waals surface area contributed by atoms with E-state index in [1.165, 1.54) is 29.6 Å². The Hall–Kier alpha value is -0.820. The second kappa shape index (κ2) is 7.09. The number of nitrogens with two attached hydrogens (primary N) is 1. The molecule has 108 valence electrons. The highest BCUT2D eigenvalue weighted by Crippen LogP contribution is 2.24. The molecule has 0 spiro atoms.